The topological polar surface area (TPSA) is 29.5 Å². The van der Waals surface area contributed by atoms with Crippen molar-refractivity contribution in [3.63, 3.8) is 0 Å². The van der Waals surface area contributed by atoms with Crippen molar-refractivity contribution in [2.24, 2.45) is 0 Å². The average Bonchev–Trinajstić information content (AvgIpc) is 3.03. The van der Waals surface area contributed by atoms with Gasteiger partial charge in [-0.25, -0.2) is 0 Å². The predicted octanol–water partition coefficient (Wildman–Crippen LogP) is 11.1. The van der Waals surface area contributed by atoms with Crippen molar-refractivity contribution < 1.29 is 9.84 Å². The number of hydrogen-bond acceptors (Lipinski definition) is 2. The van der Waals surface area contributed by atoms with Gasteiger partial charge in [0.2, 0.25) is 0 Å². The zero-order valence-corrected chi connectivity index (χ0v) is 23.6. The number of ether oxygens (including phenoxy) is 1. The van der Waals surface area contributed by atoms with Crippen LogP contribution in [0.1, 0.15) is 0 Å². The first-order valence-electron chi connectivity index (χ1n) is 14.6. The summed E-state index contributed by atoms with van der Waals surface area (Å²) in [4.78, 5) is 0. The van der Waals surface area contributed by atoms with Crippen LogP contribution in [-0.4, -0.2) is 12.2 Å². The molecule has 0 radical (unpaired) electrons. The quantitative estimate of drug-likeness (QED) is 0.171. The molecule has 0 aromatic heterocycles. The summed E-state index contributed by atoms with van der Waals surface area (Å²) in [5, 5.41) is 28.1. The number of phenolic OH excluding ortho intramolecular Hbond substituents is 1. The molecule has 0 bridgehead atoms. The van der Waals surface area contributed by atoms with Gasteiger partial charge in [-0.2, -0.15) is 0 Å². The largest absolute Gasteiger partial charge is 0.504 e. The Bertz CT molecular complexity index is 2610. The van der Waals surface area contributed by atoms with E-state index in [1.54, 1.807) is 13.2 Å². The van der Waals surface area contributed by atoms with E-state index in [-0.39, 0.29) is 5.75 Å². The molecule has 1 N–H and O–H groups in total. The first-order valence-corrected chi connectivity index (χ1v) is 14.6. The second-order valence-corrected chi connectivity index (χ2v) is 11.5. The molecule has 2 nitrogen and oxygen atoms in total. The molecule has 0 atom stereocenters. The summed E-state index contributed by atoms with van der Waals surface area (Å²) in [6, 6.07) is 48.0. The smallest absolute Gasteiger partial charge is 0.165 e. The fraction of sp³-hybridized carbons (Fsp3) is 0.0244. The van der Waals surface area contributed by atoms with Gasteiger partial charge in [-0.05, 0) is 148 Å². The summed E-state index contributed by atoms with van der Waals surface area (Å²) in [7, 11) is 1.58. The van der Waals surface area contributed by atoms with Crippen molar-refractivity contribution in [1.82, 2.24) is 0 Å². The molecule has 0 aliphatic carbocycles. The second-order valence-electron chi connectivity index (χ2n) is 11.5. The van der Waals surface area contributed by atoms with Crippen LogP contribution in [0.3, 0.4) is 0 Å². The molecule has 0 heterocycles. The molecule has 0 saturated carbocycles. The van der Waals surface area contributed by atoms with Gasteiger partial charge >= 0.3 is 0 Å². The molecule has 0 spiro atoms. The summed E-state index contributed by atoms with van der Waals surface area (Å²) in [5.41, 5.74) is 1.75. The highest BCUT2D eigenvalue weighted by Gasteiger charge is 2.14. The Balaban J connectivity index is 1.29. The Kier molecular flexibility index (Phi) is 5.00. The fourth-order valence-electron chi connectivity index (χ4n) is 6.92. The lowest BCUT2D eigenvalue weighted by Gasteiger charge is -2.13. The zero-order chi connectivity index (χ0) is 28.7. The molecule has 202 valence electrons. The highest BCUT2D eigenvalue weighted by molar-refractivity contribution is 6.18. The van der Waals surface area contributed by atoms with Crippen molar-refractivity contribution >= 4 is 75.4 Å². The van der Waals surface area contributed by atoms with Gasteiger partial charge in [-0.15, -0.1) is 0 Å². The molecule has 0 fully saturated rings. The Morgan fingerprint density at radius 2 is 0.791 bits per heavy atom. The summed E-state index contributed by atoms with van der Waals surface area (Å²) in [6.07, 6.45) is 0. The van der Waals surface area contributed by atoms with Crippen LogP contribution in [0.5, 0.6) is 11.5 Å². The van der Waals surface area contributed by atoms with E-state index in [0.29, 0.717) is 5.75 Å². The third kappa shape index (κ3) is 3.67. The highest BCUT2D eigenvalue weighted by atomic mass is 16.5. The lowest BCUT2D eigenvalue weighted by atomic mass is 9.92. The van der Waals surface area contributed by atoms with Gasteiger partial charge in [0.05, 0.1) is 7.11 Å². The van der Waals surface area contributed by atoms with E-state index < -0.39 is 0 Å². The molecule has 0 aliphatic heterocycles. The Morgan fingerprint density at radius 1 is 0.372 bits per heavy atom. The summed E-state index contributed by atoms with van der Waals surface area (Å²) >= 11 is 0. The Morgan fingerprint density at radius 3 is 1.40 bits per heavy atom. The average molecular weight is 551 g/mol. The van der Waals surface area contributed by atoms with Gasteiger partial charge in [0.25, 0.3) is 0 Å². The van der Waals surface area contributed by atoms with Gasteiger partial charge in [0.15, 0.2) is 11.5 Å². The van der Waals surface area contributed by atoms with Crippen LogP contribution in [0, 0.1) is 0 Å². The molecular weight excluding hydrogens is 524 g/mol. The van der Waals surface area contributed by atoms with Crippen LogP contribution in [0.2, 0.25) is 0 Å². The van der Waals surface area contributed by atoms with Crippen LogP contribution in [0.4, 0.5) is 0 Å². The third-order valence-electron chi connectivity index (χ3n) is 9.08. The van der Waals surface area contributed by atoms with Crippen LogP contribution >= 0.6 is 0 Å². The number of rotatable bonds is 2. The lowest BCUT2D eigenvalue weighted by molar-refractivity contribution is 0.374. The van der Waals surface area contributed by atoms with Gasteiger partial charge in [-0.3, -0.25) is 0 Å². The summed E-state index contributed by atoms with van der Waals surface area (Å²) in [5.74, 6) is 0.635. The van der Waals surface area contributed by atoms with E-state index in [1.165, 1.54) is 64.6 Å². The standard InChI is InChI=1S/C41H26O2/c1-43-40-11-5-10-36(41(40)42)35-9-4-8-26-16-31-17-27-12-13-28-18-32-19-29-14-24-6-2-3-7-25(24)15-30(29)20-33(32)21-38(28)39(27)23-34(31)22-37(26)35/h2-23,42H,1H3. The van der Waals surface area contributed by atoms with E-state index >= 15 is 0 Å². The summed E-state index contributed by atoms with van der Waals surface area (Å²) < 4.78 is 5.40. The summed E-state index contributed by atoms with van der Waals surface area (Å²) in [6.45, 7) is 0. The van der Waals surface area contributed by atoms with E-state index in [1.807, 2.05) is 12.1 Å². The van der Waals surface area contributed by atoms with Gasteiger partial charge in [0.1, 0.15) is 0 Å². The molecule has 2 heteroatoms. The van der Waals surface area contributed by atoms with Crippen molar-refractivity contribution in [2.45, 2.75) is 0 Å². The number of methoxy groups -OCH3 is 1. The molecule has 0 aliphatic rings. The molecule has 0 saturated heterocycles. The number of hydrogen-bond donors (Lipinski definition) is 1. The zero-order valence-electron chi connectivity index (χ0n) is 23.6. The maximum atomic E-state index is 11.0. The molecule has 43 heavy (non-hydrogen) atoms. The number of fused-ring (bicyclic) bond motifs is 8. The van der Waals surface area contributed by atoms with E-state index in [2.05, 4.69) is 115 Å². The molecule has 0 amide bonds. The monoisotopic (exact) mass is 550 g/mol. The van der Waals surface area contributed by atoms with Gasteiger partial charge in [0, 0.05) is 5.56 Å². The normalized spacial score (nSPS) is 11.9. The predicted molar refractivity (Wildman–Crippen MR) is 183 cm³/mol. The first kappa shape index (κ1) is 24.0. The Labute approximate surface area is 248 Å². The van der Waals surface area contributed by atoms with Gasteiger partial charge in [-0.1, -0.05) is 66.7 Å². The maximum absolute atomic E-state index is 11.0. The minimum absolute atomic E-state index is 0.162. The first-order chi connectivity index (χ1) is 21.1. The lowest BCUT2D eigenvalue weighted by Crippen LogP contribution is -1.88. The molecule has 9 rings (SSSR count). The van der Waals surface area contributed by atoms with Crippen LogP contribution < -0.4 is 4.74 Å². The molecule has 9 aromatic carbocycles. The molecule has 0 unspecified atom stereocenters. The minimum atomic E-state index is 0.162. The number of benzene rings is 9. The van der Waals surface area contributed by atoms with Crippen LogP contribution in [0.25, 0.3) is 86.5 Å². The molecule has 9 aromatic rings. The number of para-hydroxylation sites is 1. The minimum Gasteiger partial charge on any atom is -0.504 e. The Hall–Kier alpha value is -5.60. The van der Waals surface area contributed by atoms with E-state index in [4.69, 9.17) is 4.74 Å². The van der Waals surface area contributed by atoms with Crippen molar-refractivity contribution in [1.29, 1.82) is 0 Å². The number of aromatic hydroxyl groups is 1. The van der Waals surface area contributed by atoms with Gasteiger partial charge < -0.3 is 9.84 Å². The fourth-order valence-corrected chi connectivity index (χ4v) is 6.92. The van der Waals surface area contributed by atoms with Crippen molar-refractivity contribution in [3.8, 4) is 22.6 Å². The molecular formula is C41H26O2. The SMILES string of the molecule is COc1cccc(-c2cccc3cc4cc5ccc6cc7cc8cc9ccccc9cc8cc7cc6c5cc4cc23)c1O. The number of phenols is 1. The van der Waals surface area contributed by atoms with Crippen molar-refractivity contribution in [2.75, 3.05) is 7.11 Å². The maximum Gasteiger partial charge on any atom is 0.165 e. The third-order valence-corrected chi connectivity index (χ3v) is 9.08. The van der Waals surface area contributed by atoms with Crippen molar-refractivity contribution in [3.05, 3.63) is 133 Å². The van der Waals surface area contributed by atoms with E-state index in [9.17, 15) is 5.11 Å². The van der Waals surface area contributed by atoms with E-state index in [0.717, 1.165) is 21.9 Å². The highest BCUT2D eigenvalue weighted by Crippen LogP contribution is 2.41. The van der Waals surface area contributed by atoms with Crippen LogP contribution in [0.15, 0.2) is 133 Å². The van der Waals surface area contributed by atoms with Crippen LogP contribution in [-0.2, 0) is 0 Å². The second kappa shape index (κ2) is 8.95.